The number of hydrogen-bond acceptors (Lipinski definition) is 7. The van der Waals surface area contributed by atoms with E-state index in [9.17, 15) is 28.8 Å². The number of likely N-dealkylation sites (tertiary alicyclic amines) is 1. The molecule has 1 unspecified atom stereocenters. The molecule has 4 N–H and O–H groups in total. The Morgan fingerprint density at radius 1 is 0.853 bits per heavy atom. The largest absolute Gasteiger partial charge is 0.352 e. The predicted octanol–water partition coefficient (Wildman–Crippen LogP) is 7.01. The summed E-state index contributed by atoms with van der Waals surface area (Å²) >= 11 is 12.9. The maximum atomic E-state index is 16.5. The number of imide groups is 1. The number of amides is 5. The molecule has 2 spiro atoms. The van der Waals surface area contributed by atoms with Crippen molar-refractivity contribution in [2.75, 3.05) is 18.4 Å². The van der Waals surface area contributed by atoms with E-state index in [1.165, 1.54) is 15.2 Å². The highest BCUT2D eigenvalue weighted by Crippen LogP contribution is 2.64. The van der Waals surface area contributed by atoms with Crippen LogP contribution in [-0.4, -0.2) is 74.3 Å². The molecule has 10 rings (SSSR count). The molecular formula is C52H56Cl2FN7O6. The van der Waals surface area contributed by atoms with Gasteiger partial charge in [0.2, 0.25) is 29.5 Å². The van der Waals surface area contributed by atoms with E-state index < -0.39 is 40.7 Å². The van der Waals surface area contributed by atoms with Crippen LogP contribution in [0.2, 0.25) is 10.0 Å². The SMILES string of the molecule is Cn1c(=O)n(C2CCC(=O)NC2=O)c2ccc(C#CC3CCN(C(=O)[C@H]4CC[C@H](NC(=O)[C@@H]5NC6(CCC(C)(C)CC6)[C@@]6(C(=O)Nc7cc(Cl)ccc76)[C@H]5c5cccc(Cl)c5F)CC4)CC3)cc21. The van der Waals surface area contributed by atoms with E-state index in [2.05, 4.69) is 47.0 Å². The number of carbonyl (C=O) groups excluding carboxylic acids is 5. The first-order valence-corrected chi connectivity index (χ1v) is 24.7. The molecule has 1 aromatic heterocycles. The zero-order valence-corrected chi connectivity index (χ0v) is 40.0. The Morgan fingerprint density at radius 2 is 1.59 bits per heavy atom. The molecule has 5 heterocycles. The van der Waals surface area contributed by atoms with Crippen LogP contribution in [0.15, 0.2) is 59.4 Å². The third kappa shape index (κ3) is 7.73. The summed E-state index contributed by atoms with van der Waals surface area (Å²) in [4.78, 5) is 83.1. The van der Waals surface area contributed by atoms with Gasteiger partial charge in [0, 0.05) is 72.2 Å². The minimum atomic E-state index is -1.34. The molecule has 4 aromatic rings. The molecule has 13 nitrogen and oxygen atoms in total. The van der Waals surface area contributed by atoms with Gasteiger partial charge < -0.3 is 15.5 Å². The molecule has 0 bridgehead atoms. The van der Waals surface area contributed by atoms with Crippen LogP contribution < -0.4 is 27.0 Å². The molecule has 5 amide bonds. The second-order valence-corrected chi connectivity index (χ2v) is 21.6. The third-order valence-corrected chi connectivity index (χ3v) is 16.8. The molecule has 4 aliphatic heterocycles. The van der Waals surface area contributed by atoms with Crippen LogP contribution in [0.25, 0.3) is 11.0 Å². The van der Waals surface area contributed by atoms with Crippen molar-refractivity contribution in [2.24, 2.45) is 24.3 Å². The first-order valence-electron chi connectivity index (χ1n) is 24.0. The minimum absolute atomic E-state index is 0.0162. The third-order valence-electron chi connectivity index (χ3n) is 16.3. The number of halogens is 3. The summed E-state index contributed by atoms with van der Waals surface area (Å²) in [6, 6.07) is 13.7. The average Bonchev–Trinajstić information content (AvgIpc) is 3.88. The van der Waals surface area contributed by atoms with Crippen molar-refractivity contribution >= 4 is 69.5 Å². The number of carbonyl (C=O) groups is 5. The fraction of sp³-hybridized carbons (Fsp3) is 0.500. The summed E-state index contributed by atoms with van der Waals surface area (Å²) in [6.45, 7) is 5.61. The van der Waals surface area contributed by atoms with E-state index in [1.807, 2.05) is 23.1 Å². The van der Waals surface area contributed by atoms with Crippen molar-refractivity contribution in [2.45, 2.75) is 126 Å². The summed E-state index contributed by atoms with van der Waals surface area (Å²) in [5.74, 6) is 3.71. The lowest BCUT2D eigenvalue weighted by Crippen LogP contribution is -2.61. The second-order valence-electron chi connectivity index (χ2n) is 20.7. The molecule has 4 atom stereocenters. The van der Waals surface area contributed by atoms with E-state index in [0.717, 1.165) is 31.2 Å². The van der Waals surface area contributed by atoms with E-state index in [4.69, 9.17) is 23.2 Å². The number of imidazole rings is 1. The Balaban J connectivity index is 0.800. The summed E-state index contributed by atoms with van der Waals surface area (Å²) in [5.41, 5.74) is 0.926. The maximum Gasteiger partial charge on any atom is 0.329 e. The zero-order valence-electron chi connectivity index (χ0n) is 38.5. The molecule has 68 heavy (non-hydrogen) atoms. The molecule has 356 valence electrons. The predicted molar refractivity (Wildman–Crippen MR) is 256 cm³/mol. The molecule has 3 saturated heterocycles. The van der Waals surface area contributed by atoms with Gasteiger partial charge in [-0.05, 0) is 124 Å². The molecule has 2 saturated carbocycles. The van der Waals surface area contributed by atoms with Gasteiger partial charge >= 0.3 is 5.69 Å². The Bertz CT molecular complexity index is 2890. The number of nitrogens with one attached hydrogen (secondary N) is 4. The quantitative estimate of drug-likeness (QED) is 0.124. The molecular weight excluding hydrogens is 909 g/mol. The van der Waals surface area contributed by atoms with Gasteiger partial charge in [-0.1, -0.05) is 67.1 Å². The fourth-order valence-corrected chi connectivity index (χ4v) is 12.9. The molecule has 0 radical (unpaired) electrons. The summed E-state index contributed by atoms with van der Waals surface area (Å²) in [5, 5.41) is 12.9. The molecule has 6 aliphatic rings. The van der Waals surface area contributed by atoms with Crippen LogP contribution in [0.3, 0.4) is 0 Å². The van der Waals surface area contributed by atoms with Gasteiger partial charge in [-0.15, -0.1) is 0 Å². The van der Waals surface area contributed by atoms with Crippen LogP contribution in [-0.2, 0) is 36.4 Å². The van der Waals surface area contributed by atoms with E-state index >= 15 is 4.39 Å². The normalized spacial score (nSPS) is 27.7. The minimum Gasteiger partial charge on any atom is -0.352 e. The van der Waals surface area contributed by atoms with Gasteiger partial charge in [0.25, 0.3) is 0 Å². The highest BCUT2D eigenvalue weighted by Gasteiger charge is 2.73. The van der Waals surface area contributed by atoms with Gasteiger partial charge in [-0.25, -0.2) is 9.18 Å². The fourth-order valence-electron chi connectivity index (χ4n) is 12.6. The number of aromatic nitrogens is 2. The Hall–Kier alpha value is -5.49. The summed E-state index contributed by atoms with van der Waals surface area (Å²) < 4.78 is 19.4. The van der Waals surface area contributed by atoms with Crippen LogP contribution in [0.1, 0.15) is 120 Å². The molecule has 16 heteroatoms. The van der Waals surface area contributed by atoms with Crippen molar-refractivity contribution in [1.82, 2.24) is 30.0 Å². The lowest BCUT2D eigenvalue weighted by molar-refractivity contribution is -0.138. The standard InChI is InChI=1S/C52H56Cl2FN7O6/c1-50(2)21-23-51(24-22-50)52(35-15-12-32(53)28-37(35)57-48(52)67)42(34-5-4-6-36(54)43(34)55)44(59-51)46(65)56-33-13-10-31(11-14-33)47(66)61-25-19-29(20-26-61)7-8-30-9-16-38-40(27-30)60(3)49(68)62(38)39-17-18-41(63)58-45(39)64/h4-6,9,12,15-16,27-29,31,33,39,42,44,59H,10-11,13-14,17-26H2,1-3H3,(H,56,65)(H,57,67)(H,58,63,64)/t31-,33-,39?,42-,44+,52+/m0/s1. The zero-order chi connectivity index (χ0) is 47.9. The molecule has 3 aromatic carbocycles. The van der Waals surface area contributed by atoms with Crippen LogP contribution in [0.5, 0.6) is 0 Å². The number of piperidine rings is 2. The van der Waals surface area contributed by atoms with Crippen molar-refractivity contribution in [3.63, 3.8) is 0 Å². The van der Waals surface area contributed by atoms with Crippen LogP contribution >= 0.6 is 23.2 Å². The lowest BCUT2D eigenvalue weighted by Gasteiger charge is -2.50. The van der Waals surface area contributed by atoms with Crippen molar-refractivity contribution < 1.29 is 28.4 Å². The topological polar surface area (TPSA) is 164 Å². The van der Waals surface area contributed by atoms with Gasteiger partial charge in [0.05, 0.1) is 22.1 Å². The van der Waals surface area contributed by atoms with Crippen molar-refractivity contribution in [1.29, 1.82) is 0 Å². The smallest absolute Gasteiger partial charge is 0.329 e. The van der Waals surface area contributed by atoms with Gasteiger partial charge in [0.1, 0.15) is 17.3 Å². The van der Waals surface area contributed by atoms with E-state index in [1.54, 1.807) is 37.4 Å². The van der Waals surface area contributed by atoms with Gasteiger partial charge in [-0.2, -0.15) is 0 Å². The monoisotopic (exact) mass is 963 g/mol. The Kier molecular flexibility index (Phi) is 11.9. The first kappa shape index (κ1) is 46.2. The van der Waals surface area contributed by atoms with Crippen LogP contribution in [0.4, 0.5) is 10.1 Å². The molecule has 5 fully saturated rings. The summed E-state index contributed by atoms with van der Waals surface area (Å²) in [7, 11) is 1.66. The highest BCUT2D eigenvalue weighted by molar-refractivity contribution is 6.31. The Morgan fingerprint density at radius 3 is 2.31 bits per heavy atom. The van der Waals surface area contributed by atoms with E-state index in [0.29, 0.717) is 78.9 Å². The number of anilines is 1. The number of rotatable bonds is 5. The van der Waals surface area contributed by atoms with Gasteiger partial charge in [0.15, 0.2) is 0 Å². The number of benzene rings is 3. The molecule has 2 aliphatic carbocycles. The maximum absolute atomic E-state index is 16.5. The summed E-state index contributed by atoms with van der Waals surface area (Å²) in [6.07, 6.45) is 7.12. The first-order chi connectivity index (χ1) is 32.5. The second kappa shape index (κ2) is 17.5. The number of hydrogen-bond donors (Lipinski definition) is 4. The van der Waals surface area contributed by atoms with Crippen molar-refractivity contribution in [3.8, 4) is 11.8 Å². The Labute approximate surface area is 404 Å². The van der Waals surface area contributed by atoms with Gasteiger partial charge in [-0.3, -0.25) is 43.7 Å². The van der Waals surface area contributed by atoms with Crippen LogP contribution in [0, 0.1) is 34.9 Å². The van der Waals surface area contributed by atoms with E-state index in [-0.39, 0.29) is 76.0 Å². The number of nitrogens with zero attached hydrogens (tertiary/aromatic N) is 3. The lowest BCUT2D eigenvalue weighted by atomic mass is 9.53. The average molecular weight is 965 g/mol. The van der Waals surface area contributed by atoms with Crippen molar-refractivity contribution in [3.05, 3.63) is 97.6 Å². The number of fused-ring (bicyclic) bond motifs is 4. The number of aryl methyl sites for hydroxylation is 1. The highest BCUT2D eigenvalue weighted by atomic mass is 35.5.